The lowest BCUT2D eigenvalue weighted by Gasteiger charge is -2.46. The maximum atomic E-state index is 15.2. The number of phenolic OH excluding ortho intramolecular Hbond substituents is 1. The van der Waals surface area contributed by atoms with Gasteiger partial charge in [0.2, 0.25) is 5.78 Å². The number of benzene rings is 1. The quantitative estimate of drug-likeness (QED) is 0.451. The summed E-state index contributed by atoms with van der Waals surface area (Å²) < 4.78 is 18.3. The van der Waals surface area contributed by atoms with Gasteiger partial charge < -0.3 is 15.0 Å². The molecule has 3 aromatic heterocycles. The lowest BCUT2D eigenvalue weighted by Crippen LogP contribution is -2.57. The molecule has 7 nitrogen and oxygen atoms in total. The number of nitrogens with zero attached hydrogens (tertiary/aromatic N) is 4. The average molecular weight is 476 g/mol. The molecule has 0 aliphatic carbocycles. The predicted octanol–water partition coefficient (Wildman–Crippen LogP) is 4.63. The van der Waals surface area contributed by atoms with Gasteiger partial charge in [-0.25, -0.2) is 14.4 Å². The molecule has 182 valence electrons. The molecule has 0 amide bonds. The Kier molecular flexibility index (Phi) is 5.32. The first kappa shape index (κ1) is 23.2. The lowest BCUT2D eigenvalue weighted by molar-refractivity contribution is 0.160. The number of imidazole rings is 1. The van der Waals surface area contributed by atoms with Gasteiger partial charge in [-0.05, 0) is 64.3 Å². The van der Waals surface area contributed by atoms with Crippen LogP contribution in [0.2, 0.25) is 0 Å². The molecule has 1 aliphatic rings. The maximum absolute atomic E-state index is 15.2. The molecule has 1 aromatic carbocycles. The first-order chi connectivity index (χ1) is 16.4. The van der Waals surface area contributed by atoms with Crippen LogP contribution in [0.1, 0.15) is 52.1 Å². The molecule has 1 aliphatic heterocycles. The van der Waals surface area contributed by atoms with E-state index >= 15 is 4.39 Å². The molecule has 1 fully saturated rings. The van der Waals surface area contributed by atoms with Crippen molar-refractivity contribution >= 4 is 5.78 Å². The van der Waals surface area contributed by atoms with Gasteiger partial charge in [-0.2, -0.15) is 0 Å². The van der Waals surface area contributed by atoms with E-state index in [1.54, 1.807) is 42.0 Å². The second kappa shape index (κ2) is 8.02. The summed E-state index contributed by atoms with van der Waals surface area (Å²) in [4.78, 5) is 21.4. The molecular weight excluding hydrogens is 445 g/mol. The molecule has 0 unspecified atom stereocenters. The van der Waals surface area contributed by atoms with Gasteiger partial charge in [0, 0.05) is 65.5 Å². The van der Waals surface area contributed by atoms with Gasteiger partial charge in [-0.15, -0.1) is 0 Å². The standard InChI is InChI=1S/C27H30FN5O2/c1-26(2)13-17(14-27(3,4)31-26)20-9-11-33-15-21(30-25(33)29-20)19-7-6-18(23(28)24(19)35)16-8-10-32(5)22(34)12-16/h6-12,15,17,31,35H,13-14H2,1-5H3. The Hall–Kier alpha value is -3.52. The Morgan fingerprint density at radius 3 is 2.40 bits per heavy atom. The largest absolute Gasteiger partial charge is 0.504 e. The maximum Gasteiger partial charge on any atom is 0.250 e. The highest BCUT2D eigenvalue weighted by molar-refractivity contribution is 5.75. The van der Waals surface area contributed by atoms with Crippen LogP contribution in [-0.2, 0) is 7.05 Å². The zero-order valence-corrected chi connectivity index (χ0v) is 20.6. The van der Waals surface area contributed by atoms with Gasteiger partial charge in [0.1, 0.15) is 0 Å². The van der Waals surface area contributed by atoms with Crippen LogP contribution in [0.5, 0.6) is 5.75 Å². The van der Waals surface area contributed by atoms with Crippen molar-refractivity contribution in [2.75, 3.05) is 0 Å². The fourth-order valence-electron chi connectivity index (χ4n) is 5.48. The van der Waals surface area contributed by atoms with E-state index in [9.17, 15) is 9.90 Å². The topological polar surface area (TPSA) is 84.4 Å². The molecular formula is C27H30FN5O2. The first-order valence-corrected chi connectivity index (χ1v) is 11.8. The van der Waals surface area contributed by atoms with Crippen LogP contribution in [-0.4, -0.2) is 35.1 Å². The molecule has 5 rings (SSSR count). The van der Waals surface area contributed by atoms with Crippen molar-refractivity contribution in [2.45, 2.75) is 57.5 Å². The highest BCUT2D eigenvalue weighted by atomic mass is 19.1. The molecule has 4 heterocycles. The Bertz CT molecular complexity index is 1490. The summed E-state index contributed by atoms with van der Waals surface area (Å²) in [5, 5.41) is 14.4. The summed E-state index contributed by atoms with van der Waals surface area (Å²) in [6.07, 6.45) is 7.14. The Labute approximate surface area is 203 Å². The number of pyridine rings is 1. The number of halogens is 1. The fourth-order valence-corrected chi connectivity index (χ4v) is 5.48. The zero-order valence-electron chi connectivity index (χ0n) is 20.6. The van der Waals surface area contributed by atoms with E-state index < -0.39 is 11.6 Å². The Balaban J connectivity index is 1.50. The molecule has 0 atom stereocenters. The Morgan fingerprint density at radius 1 is 1.03 bits per heavy atom. The second-order valence-electron chi connectivity index (χ2n) is 10.9. The van der Waals surface area contributed by atoms with E-state index in [1.165, 1.54) is 10.6 Å². The van der Waals surface area contributed by atoms with Crippen molar-refractivity contribution in [3.8, 4) is 28.1 Å². The predicted molar refractivity (Wildman–Crippen MR) is 134 cm³/mol. The molecule has 0 bridgehead atoms. The van der Waals surface area contributed by atoms with Gasteiger partial charge in [-0.3, -0.25) is 9.20 Å². The number of aromatic nitrogens is 4. The number of hydrogen-bond acceptors (Lipinski definition) is 5. The van der Waals surface area contributed by atoms with Gasteiger partial charge in [0.05, 0.1) is 5.69 Å². The number of rotatable bonds is 3. The number of aromatic hydroxyl groups is 1. The first-order valence-electron chi connectivity index (χ1n) is 11.8. The van der Waals surface area contributed by atoms with Gasteiger partial charge in [-0.1, -0.05) is 6.07 Å². The van der Waals surface area contributed by atoms with E-state index in [2.05, 4.69) is 38.0 Å². The molecule has 35 heavy (non-hydrogen) atoms. The summed E-state index contributed by atoms with van der Waals surface area (Å²) in [7, 11) is 1.62. The summed E-state index contributed by atoms with van der Waals surface area (Å²) in [5.41, 5.74) is 1.97. The summed E-state index contributed by atoms with van der Waals surface area (Å²) in [5.74, 6) is -0.508. The van der Waals surface area contributed by atoms with E-state index in [4.69, 9.17) is 4.98 Å². The monoisotopic (exact) mass is 475 g/mol. The average Bonchev–Trinajstić information content (AvgIpc) is 3.18. The molecule has 4 aromatic rings. The van der Waals surface area contributed by atoms with Crippen LogP contribution in [0.25, 0.3) is 28.2 Å². The van der Waals surface area contributed by atoms with Crippen molar-refractivity contribution in [3.05, 3.63) is 70.8 Å². The number of phenols is 1. The van der Waals surface area contributed by atoms with Crippen molar-refractivity contribution in [3.63, 3.8) is 0 Å². The summed E-state index contributed by atoms with van der Waals surface area (Å²) in [6, 6.07) is 8.17. The van der Waals surface area contributed by atoms with Crippen LogP contribution < -0.4 is 10.9 Å². The third-order valence-electron chi connectivity index (χ3n) is 6.76. The minimum Gasteiger partial charge on any atom is -0.504 e. The van der Waals surface area contributed by atoms with E-state index in [-0.39, 0.29) is 33.7 Å². The summed E-state index contributed by atoms with van der Waals surface area (Å²) in [6.45, 7) is 8.84. The van der Waals surface area contributed by atoms with Crippen molar-refractivity contribution in [1.29, 1.82) is 0 Å². The molecule has 0 saturated carbocycles. The van der Waals surface area contributed by atoms with Crippen LogP contribution in [0, 0.1) is 5.82 Å². The molecule has 8 heteroatoms. The van der Waals surface area contributed by atoms with Crippen molar-refractivity contribution in [1.82, 2.24) is 24.3 Å². The minimum absolute atomic E-state index is 0.00510. The number of fused-ring (bicyclic) bond motifs is 1. The molecule has 2 N–H and O–H groups in total. The zero-order chi connectivity index (χ0) is 25.1. The van der Waals surface area contributed by atoms with Crippen molar-refractivity contribution < 1.29 is 9.50 Å². The number of piperidine rings is 1. The molecule has 0 spiro atoms. The molecule has 0 radical (unpaired) electrons. The minimum atomic E-state index is -0.791. The van der Waals surface area contributed by atoms with Gasteiger partial charge in [0.15, 0.2) is 11.6 Å². The third-order valence-corrected chi connectivity index (χ3v) is 6.76. The summed E-state index contributed by atoms with van der Waals surface area (Å²) >= 11 is 0. The smallest absolute Gasteiger partial charge is 0.250 e. The van der Waals surface area contributed by atoms with Crippen LogP contribution in [0.4, 0.5) is 4.39 Å². The SMILES string of the molecule is Cn1ccc(-c2ccc(-c3cn4ccc(C5CC(C)(C)NC(C)(C)C5)nc4n3)c(O)c2F)cc1=O. The molecule has 1 saturated heterocycles. The normalized spacial score (nSPS) is 17.7. The second-order valence-corrected chi connectivity index (χ2v) is 10.9. The fraction of sp³-hybridized carbons (Fsp3) is 0.370. The highest BCUT2D eigenvalue weighted by Crippen LogP contribution is 2.39. The number of hydrogen-bond donors (Lipinski definition) is 2. The number of nitrogens with one attached hydrogen (secondary N) is 1. The van der Waals surface area contributed by atoms with E-state index in [0.717, 1.165) is 18.5 Å². The van der Waals surface area contributed by atoms with Crippen molar-refractivity contribution in [2.24, 2.45) is 7.05 Å². The highest BCUT2D eigenvalue weighted by Gasteiger charge is 2.38. The van der Waals surface area contributed by atoms with Gasteiger partial charge >= 0.3 is 0 Å². The lowest BCUT2D eigenvalue weighted by atomic mass is 9.74. The Morgan fingerprint density at radius 2 is 1.71 bits per heavy atom. The third kappa shape index (κ3) is 4.34. The van der Waals surface area contributed by atoms with E-state index in [1.807, 2.05) is 12.3 Å². The van der Waals surface area contributed by atoms with Crippen LogP contribution in [0.3, 0.4) is 0 Å². The van der Waals surface area contributed by atoms with Crippen LogP contribution in [0.15, 0.2) is 53.7 Å². The van der Waals surface area contributed by atoms with Crippen LogP contribution >= 0.6 is 0 Å². The van der Waals surface area contributed by atoms with Gasteiger partial charge in [0.25, 0.3) is 5.56 Å². The van der Waals surface area contributed by atoms with E-state index in [0.29, 0.717) is 17.0 Å². The number of aryl methyl sites for hydroxylation is 1.